The van der Waals surface area contributed by atoms with Crippen LogP contribution >= 0.6 is 0 Å². The van der Waals surface area contributed by atoms with Gasteiger partial charge < -0.3 is 16.2 Å². The molecule has 2 heterocycles. The molecular formula is C28H35N5O2. The molecule has 7 heteroatoms. The molecule has 1 amide bonds. The number of carbonyl (C=O) groups excluding carboxylic acids is 1. The van der Waals surface area contributed by atoms with Crippen LogP contribution in [0, 0.1) is 5.41 Å². The van der Waals surface area contributed by atoms with Crippen molar-refractivity contribution in [2.45, 2.75) is 77.4 Å². The van der Waals surface area contributed by atoms with E-state index in [1.54, 1.807) is 12.3 Å². The number of nitrogens with zero attached hydrogens (tertiary/aromatic N) is 3. The minimum absolute atomic E-state index is 0.202. The van der Waals surface area contributed by atoms with Gasteiger partial charge in [0.05, 0.1) is 23.0 Å². The molecule has 2 aliphatic rings. The maximum atomic E-state index is 12.2. The molecule has 1 aromatic carbocycles. The van der Waals surface area contributed by atoms with E-state index in [1.165, 1.54) is 11.3 Å². The fourth-order valence-corrected chi connectivity index (χ4v) is 5.50. The third kappa shape index (κ3) is 5.10. The Kier molecular flexibility index (Phi) is 6.36. The van der Waals surface area contributed by atoms with Crippen LogP contribution in [0.2, 0.25) is 0 Å². The number of fused-ring (bicyclic) bond motifs is 1. The maximum absolute atomic E-state index is 12.2. The summed E-state index contributed by atoms with van der Waals surface area (Å²) >= 11 is 0. The number of hydrogen-bond donors (Lipinski definition) is 3. The van der Waals surface area contributed by atoms with Gasteiger partial charge in [0.15, 0.2) is 0 Å². The molecule has 5 rings (SSSR count). The summed E-state index contributed by atoms with van der Waals surface area (Å²) in [7, 11) is 0. The van der Waals surface area contributed by atoms with Crippen LogP contribution in [0.15, 0.2) is 42.7 Å². The Morgan fingerprint density at radius 1 is 1.23 bits per heavy atom. The van der Waals surface area contributed by atoms with Crippen LogP contribution < -0.4 is 11.1 Å². The van der Waals surface area contributed by atoms with E-state index in [1.807, 2.05) is 24.4 Å². The van der Waals surface area contributed by atoms with Crippen molar-refractivity contribution in [2.24, 2.45) is 11.1 Å². The van der Waals surface area contributed by atoms with Gasteiger partial charge >= 0.3 is 0 Å². The largest absolute Gasteiger partial charge is 0.393 e. The van der Waals surface area contributed by atoms with Crippen molar-refractivity contribution < 1.29 is 9.90 Å². The van der Waals surface area contributed by atoms with E-state index in [9.17, 15) is 9.90 Å². The number of benzene rings is 1. The average Bonchev–Trinajstić information content (AvgIpc) is 3.17. The second-order valence-electron chi connectivity index (χ2n) is 10.9. The van der Waals surface area contributed by atoms with Gasteiger partial charge in [0.2, 0.25) is 0 Å². The Bertz CT molecular complexity index is 1210. The number of hydrogen-bond acceptors (Lipinski definition) is 5. The molecule has 0 spiro atoms. The zero-order valence-corrected chi connectivity index (χ0v) is 20.6. The highest BCUT2D eigenvalue weighted by Crippen LogP contribution is 2.38. The molecule has 0 radical (unpaired) electrons. The van der Waals surface area contributed by atoms with E-state index in [0.717, 1.165) is 74.0 Å². The van der Waals surface area contributed by atoms with E-state index in [4.69, 9.17) is 10.8 Å². The number of pyridine rings is 1. The Balaban J connectivity index is 1.53. The lowest BCUT2D eigenvalue weighted by Gasteiger charge is -2.30. The standard InChI is InChI=1S/C28H35N5O2/c1-28(2)12-11-22-25(14-18-4-3-13-30-17-18)32-33(26(22)16-28)20-7-10-23(27(29)35)24(15-20)31-19-5-8-21(34)9-6-19/h3-4,7,10,13,15,17,19,21,31,34H,5-6,8-9,11-12,14,16H2,1-2H3,(H2,29,35). The fraction of sp³-hybridized carbons (Fsp3) is 0.464. The molecule has 2 aromatic heterocycles. The number of aliphatic hydroxyl groups excluding tert-OH is 1. The number of amides is 1. The first kappa shape index (κ1) is 23.5. The lowest BCUT2D eigenvalue weighted by molar-refractivity contribution is 0.100. The van der Waals surface area contributed by atoms with E-state index in [0.29, 0.717) is 5.56 Å². The molecule has 1 saturated carbocycles. The number of nitrogens with one attached hydrogen (secondary N) is 1. The minimum Gasteiger partial charge on any atom is -0.393 e. The SMILES string of the molecule is CC1(C)CCc2c(Cc3cccnc3)nn(-c3ccc(C(N)=O)c(NC4CCC(O)CC4)c3)c2C1. The quantitative estimate of drug-likeness (QED) is 0.498. The van der Waals surface area contributed by atoms with Gasteiger partial charge in [-0.15, -0.1) is 0 Å². The van der Waals surface area contributed by atoms with Crippen LogP contribution in [0.3, 0.4) is 0 Å². The van der Waals surface area contributed by atoms with Crippen LogP contribution in [0.1, 0.15) is 78.8 Å². The third-order valence-electron chi connectivity index (χ3n) is 7.53. The third-order valence-corrected chi connectivity index (χ3v) is 7.53. The summed E-state index contributed by atoms with van der Waals surface area (Å²) in [4.78, 5) is 16.5. The molecule has 0 saturated heterocycles. The number of rotatable bonds is 6. The summed E-state index contributed by atoms with van der Waals surface area (Å²) in [5, 5.41) is 18.5. The van der Waals surface area contributed by atoms with Crippen LogP contribution in [-0.2, 0) is 19.3 Å². The number of carbonyl (C=O) groups is 1. The first-order valence-corrected chi connectivity index (χ1v) is 12.7. The average molecular weight is 474 g/mol. The van der Waals surface area contributed by atoms with E-state index in [2.05, 4.69) is 34.9 Å². The summed E-state index contributed by atoms with van der Waals surface area (Å²) in [6, 6.07) is 10.0. The number of aromatic nitrogens is 3. The monoisotopic (exact) mass is 473 g/mol. The van der Waals surface area contributed by atoms with Crippen molar-refractivity contribution in [3.63, 3.8) is 0 Å². The van der Waals surface area contributed by atoms with Gasteiger partial charge in [-0.2, -0.15) is 5.10 Å². The molecule has 4 N–H and O–H groups in total. The van der Waals surface area contributed by atoms with Crippen molar-refractivity contribution in [1.82, 2.24) is 14.8 Å². The lowest BCUT2D eigenvalue weighted by atomic mass is 9.76. The van der Waals surface area contributed by atoms with Crippen LogP contribution in [0.25, 0.3) is 5.69 Å². The van der Waals surface area contributed by atoms with Gasteiger partial charge in [0, 0.05) is 36.2 Å². The van der Waals surface area contributed by atoms with Crippen LogP contribution in [0.4, 0.5) is 5.69 Å². The topological polar surface area (TPSA) is 106 Å². The lowest BCUT2D eigenvalue weighted by Crippen LogP contribution is -2.29. The van der Waals surface area contributed by atoms with Gasteiger partial charge in [-0.05, 0) is 85.8 Å². The Morgan fingerprint density at radius 3 is 2.74 bits per heavy atom. The first-order valence-electron chi connectivity index (χ1n) is 12.7. The fourth-order valence-electron chi connectivity index (χ4n) is 5.50. The van der Waals surface area contributed by atoms with Gasteiger partial charge in [-0.1, -0.05) is 19.9 Å². The van der Waals surface area contributed by atoms with Crippen molar-refractivity contribution in [3.05, 3.63) is 70.8 Å². The van der Waals surface area contributed by atoms with Crippen LogP contribution in [0.5, 0.6) is 0 Å². The summed E-state index contributed by atoms with van der Waals surface area (Å²) in [5.41, 5.74) is 12.9. The summed E-state index contributed by atoms with van der Waals surface area (Å²) in [5.74, 6) is -0.448. The zero-order chi connectivity index (χ0) is 24.6. The van der Waals surface area contributed by atoms with Gasteiger partial charge in [0.1, 0.15) is 0 Å². The highest BCUT2D eigenvalue weighted by atomic mass is 16.3. The molecule has 0 atom stereocenters. The predicted octanol–water partition coefficient (Wildman–Crippen LogP) is 4.19. The highest BCUT2D eigenvalue weighted by molar-refractivity contribution is 5.99. The van der Waals surface area contributed by atoms with Gasteiger partial charge in [-0.25, -0.2) is 4.68 Å². The molecule has 1 fully saturated rings. The summed E-state index contributed by atoms with van der Waals surface area (Å²) in [6.07, 6.45) is 10.6. The van der Waals surface area contributed by atoms with E-state index < -0.39 is 5.91 Å². The summed E-state index contributed by atoms with van der Waals surface area (Å²) < 4.78 is 2.07. The van der Waals surface area contributed by atoms with Crippen molar-refractivity contribution in [1.29, 1.82) is 0 Å². The Morgan fingerprint density at radius 2 is 2.03 bits per heavy atom. The second-order valence-corrected chi connectivity index (χ2v) is 10.9. The molecule has 35 heavy (non-hydrogen) atoms. The highest BCUT2D eigenvalue weighted by Gasteiger charge is 2.31. The Hall–Kier alpha value is -3.19. The minimum atomic E-state index is -0.448. The molecule has 7 nitrogen and oxygen atoms in total. The predicted molar refractivity (Wildman–Crippen MR) is 137 cm³/mol. The van der Waals surface area contributed by atoms with Gasteiger partial charge in [0.25, 0.3) is 5.91 Å². The normalized spacial score (nSPS) is 21.3. The van der Waals surface area contributed by atoms with Crippen molar-refractivity contribution in [2.75, 3.05) is 5.32 Å². The van der Waals surface area contributed by atoms with E-state index in [-0.39, 0.29) is 17.6 Å². The number of anilines is 1. The molecule has 184 valence electrons. The number of aliphatic hydroxyl groups is 1. The molecule has 3 aromatic rings. The van der Waals surface area contributed by atoms with Crippen molar-refractivity contribution >= 4 is 11.6 Å². The number of primary amides is 1. The maximum Gasteiger partial charge on any atom is 0.250 e. The molecule has 0 unspecified atom stereocenters. The molecular weight excluding hydrogens is 438 g/mol. The summed E-state index contributed by atoms with van der Waals surface area (Å²) in [6.45, 7) is 4.63. The van der Waals surface area contributed by atoms with Crippen LogP contribution in [-0.4, -0.2) is 37.9 Å². The Labute approximate surface area is 206 Å². The number of nitrogens with two attached hydrogens (primary N) is 1. The molecule has 0 bridgehead atoms. The smallest absolute Gasteiger partial charge is 0.250 e. The first-order chi connectivity index (χ1) is 16.8. The molecule has 0 aliphatic heterocycles. The molecule has 2 aliphatic carbocycles. The second kappa shape index (κ2) is 9.46. The van der Waals surface area contributed by atoms with Gasteiger partial charge in [-0.3, -0.25) is 9.78 Å². The van der Waals surface area contributed by atoms with E-state index >= 15 is 0 Å². The van der Waals surface area contributed by atoms with Crippen molar-refractivity contribution in [3.8, 4) is 5.69 Å². The zero-order valence-electron chi connectivity index (χ0n) is 20.6.